The minimum absolute atomic E-state index is 0.0623. The third-order valence-electron chi connectivity index (χ3n) is 4.82. The molecule has 176 valence electrons. The standard InChI is InChI=1S/C27H30N4O3/c1-27(2,3)31-26(34)21-9-13-22(14-10-21)28-18-24(32)30-23-15-11-20(12-16-23)25(33)29-17-19-7-5-4-6-8-19/h4-16,28H,17-18H2,1-3H3,(H,29,33)(H,30,32)(H,31,34). The summed E-state index contributed by atoms with van der Waals surface area (Å²) in [6, 6.07) is 23.3. The monoisotopic (exact) mass is 458 g/mol. The van der Waals surface area contributed by atoms with Crippen LogP contribution in [0.15, 0.2) is 78.9 Å². The van der Waals surface area contributed by atoms with E-state index in [4.69, 9.17) is 0 Å². The van der Waals surface area contributed by atoms with Crippen LogP contribution in [-0.4, -0.2) is 29.8 Å². The van der Waals surface area contributed by atoms with Crippen molar-refractivity contribution in [2.75, 3.05) is 17.2 Å². The quantitative estimate of drug-likeness (QED) is 0.407. The van der Waals surface area contributed by atoms with Gasteiger partial charge >= 0.3 is 0 Å². The third kappa shape index (κ3) is 7.78. The highest BCUT2D eigenvalue weighted by Gasteiger charge is 2.15. The Bertz CT molecular complexity index is 1120. The first-order valence-corrected chi connectivity index (χ1v) is 11.1. The Morgan fingerprint density at radius 3 is 1.85 bits per heavy atom. The van der Waals surface area contributed by atoms with Gasteiger partial charge in [0.1, 0.15) is 0 Å². The van der Waals surface area contributed by atoms with E-state index >= 15 is 0 Å². The van der Waals surface area contributed by atoms with Gasteiger partial charge in [0.25, 0.3) is 11.8 Å². The summed E-state index contributed by atoms with van der Waals surface area (Å²) >= 11 is 0. The predicted molar refractivity (Wildman–Crippen MR) is 135 cm³/mol. The second-order valence-corrected chi connectivity index (χ2v) is 8.93. The van der Waals surface area contributed by atoms with E-state index in [1.807, 2.05) is 51.1 Å². The van der Waals surface area contributed by atoms with Gasteiger partial charge in [0.2, 0.25) is 5.91 Å². The molecule has 0 spiro atoms. The second kappa shape index (κ2) is 11.1. The van der Waals surface area contributed by atoms with Crippen LogP contribution in [0.1, 0.15) is 47.1 Å². The van der Waals surface area contributed by atoms with Crippen LogP contribution in [0.5, 0.6) is 0 Å². The summed E-state index contributed by atoms with van der Waals surface area (Å²) in [5.74, 6) is -0.548. The van der Waals surface area contributed by atoms with E-state index in [2.05, 4.69) is 21.3 Å². The van der Waals surface area contributed by atoms with Crippen molar-refractivity contribution in [3.05, 3.63) is 95.6 Å². The number of anilines is 2. The SMILES string of the molecule is CC(C)(C)NC(=O)c1ccc(NCC(=O)Nc2ccc(C(=O)NCc3ccccc3)cc2)cc1. The summed E-state index contributed by atoms with van der Waals surface area (Å²) in [4.78, 5) is 36.8. The summed E-state index contributed by atoms with van der Waals surface area (Å²) in [5, 5.41) is 11.6. The minimum Gasteiger partial charge on any atom is -0.376 e. The van der Waals surface area contributed by atoms with Crippen molar-refractivity contribution in [2.45, 2.75) is 32.9 Å². The molecule has 3 amide bonds. The topological polar surface area (TPSA) is 99.3 Å². The number of hydrogen-bond donors (Lipinski definition) is 4. The van der Waals surface area contributed by atoms with Gasteiger partial charge in [-0.1, -0.05) is 30.3 Å². The molecule has 0 bridgehead atoms. The minimum atomic E-state index is -0.309. The van der Waals surface area contributed by atoms with Crippen molar-refractivity contribution in [3.63, 3.8) is 0 Å². The molecule has 0 saturated carbocycles. The molecule has 0 fully saturated rings. The fourth-order valence-electron chi connectivity index (χ4n) is 3.12. The summed E-state index contributed by atoms with van der Waals surface area (Å²) in [5.41, 5.74) is 3.11. The van der Waals surface area contributed by atoms with Crippen LogP contribution in [0.25, 0.3) is 0 Å². The van der Waals surface area contributed by atoms with Crippen LogP contribution in [0.2, 0.25) is 0 Å². The maximum atomic E-state index is 12.3. The van der Waals surface area contributed by atoms with E-state index in [9.17, 15) is 14.4 Å². The van der Waals surface area contributed by atoms with E-state index in [0.29, 0.717) is 23.4 Å². The van der Waals surface area contributed by atoms with Crippen molar-refractivity contribution < 1.29 is 14.4 Å². The number of benzene rings is 3. The molecule has 7 heteroatoms. The largest absolute Gasteiger partial charge is 0.376 e. The van der Waals surface area contributed by atoms with E-state index in [1.54, 1.807) is 48.5 Å². The number of hydrogen-bond acceptors (Lipinski definition) is 4. The average molecular weight is 459 g/mol. The Morgan fingerprint density at radius 2 is 1.26 bits per heavy atom. The van der Waals surface area contributed by atoms with Gasteiger partial charge in [-0.15, -0.1) is 0 Å². The van der Waals surface area contributed by atoms with Gasteiger partial charge in [-0.05, 0) is 74.9 Å². The van der Waals surface area contributed by atoms with Crippen LogP contribution >= 0.6 is 0 Å². The van der Waals surface area contributed by atoms with Crippen molar-refractivity contribution in [1.29, 1.82) is 0 Å². The molecule has 0 atom stereocenters. The highest BCUT2D eigenvalue weighted by atomic mass is 16.2. The normalized spacial score (nSPS) is 10.8. The Labute approximate surface area is 200 Å². The van der Waals surface area contributed by atoms with Gasteiger partial charge in [0.15, 0.2) is 0 Å². The van der Waals surface area contributed by atoms with E-state index in [-0.39, 0.29) is 29.8 Å². The molecule has 3 aromatic rings. The fraction of sp³-hybridized carbons (Fsp3) is 0.222. The molecule has 7 nitrogen and oxygen atoms in total. The number of carbonyl (C=O) groups excluding carboxylic acids is 3. The van der Waals surface area contributed by atoms with Crippen molar-refractivity contribution in [3.8, 4) is 0 Å². The van der Waals surface area contributed by atoms with Crippen LogP contribution in [0, 0.1) is 0 Å². The molecule has 0 aliphatic carbocycles. The van der Waals surface area contributed by atoms with Crippen LogP contribution in [0.4, 0.5) is 11.4 Å². The molecule has 0 aliphatic heterocycles. The maximum absolute atomic E-state index is 12.3. The lowest BCUT2D eigenvalue weighted by molar-refractivity contribution is -0.114. The number of rotatable bonds is 8. The summed E-state index contributed by atoms with van der Waals surface area (Å²) in [7, 11) is 0. The molecular formula is C27H30N4O3. The Hall–Kier alpha value is -4.13. The Kier molecular flexibility index (Phi) is 8.03. The van der Waals surface area contributed by atoms with Crippen LogP contribution < -0.4 is 21.3 Å². The van der Waals surface area contributed by atoms with E-state index in [0.717, 1.165) is 11.3 Å². The Morgan fingerprint density at radius 1 is 0.706 bits per heavy atom. The van der Waals surface area contributed by atoms with Crippen LogP contribution in [0.3, 0.4) is 0 Å². The lowest BCUT2D eigenvalue weighted by atomic mass is 10.1. The lowest BCUT2D eigenvalue weighted by Gasteiger charge is -2.20. The van der Waals surface area contributed by atoms with E-state index < -0.39 is 0 Å². The number of nitrogens with one attached hydrogen (secondary N) is 4. The number of amides is 3. The second-order valence-electron chi connectivity index (χ2n) is 8.93. The lowest BCUT2D eigenvalue weighted by Crippen LogP contribution is -2.40. The van der Waals surface area contributed by atoms with Crippen molar-refractivity contribution in [1.82, 2.24) is 10.6 Å². The third-order valence-corrected chi connectivity index (χ3v) is 4.82. The highest BCUT2D eigenvalue weighted by Crippen LogP contribution is 2.12. The van der Waals surface area contributed by atoms with Gasteiger partial charge in [-0.3, -0.25) is 14.4 Å². The molecule has 4 N–H and O–H groups in total. The molecule has 0 aromatic heterocycles. The summed E-state index contributed by atoms with van der Waals surface area (Å²) in [6.07, 6.45) is 0. The first-order valence-electron chi connectivity index (χ1n) is 11.1. The molecule has 34 heavy (non-hydrogen) atoms. The molecule has 0 unspecified atom stereocenters. The van der Waals surface area contributed by atoms with Gasteiger partial charge < -0.3 is 21.3 Å². The zero-order valence-electron chi connectivity index (χ0n) is 19.6. The maximum Gasteiger partial charge on any atom is 0.251 e. The first kappa shape index (κ1) is 24.5. The number of carbonyl (C=O) groups is 3. The molecule has 3 aromatic carbocycles. The molecule has 0 aliphatic rings. The first-order chi connectivity index (χ1) is 16.2. The summed E-state index contributed by atoms with van der Waals surface area (Å²) in [6.45, 7) is 6.29. The van der Waals surface area contributed by atoms with Gasteiger partial charge in [-0.2, -0.15) is 0 Å². The zero-order valence-corrected chi connectivity index (χ0v) is 19.6. The Balaban J connectivity index is 1.45. The molecule has 0 radical (unpaired) electrons. The average Bonchev–Trinajstić information content (AvgIpc) is 2.81. The van der Waals surface area contributed by atoms with Crippen molar-refractivity contribution >= 4 is 29.1 Å². The van der Waals surface area contributed by atoms with Gasteiger partial charge in [0.05, 0.1) is 6.54 Å². The van der Waals surface area contributed by atoms with Crippen LogP contribution in [-0.2, 0) is 11.3 Å². The zero-order chi connectivity index (χ0) is 24.6. The molecule has 0 heterocycles. The van der Waals surface area contributed by atoms with Gasteiger partial charge in [-0.25, -0.2) is 0 Å². The molecule has 0 saturated heterocycles. The predicted octanol–water partition coefficient (Wildman–Crippen LogP) is 4.20. The molecular weight excluding hydrogens is 428 g/mol. The van der Waals surface area contributed by atoms with E-state index in [1.165, 1.54) is 0 Å². The summed E-state index contributed by atoms with van der Waals surface area (Å²) < 4.78 is 0. The fourth-order valence-corrected chi connectivity index (χ4v) is 3.12. The smallest absolute Gasteiger partial charge is 0.251 e. The molecule has 3 rings (SSSR count). The van der Waals surface area contributed by atoms with Gasteiger partial charge in [0, 0.05) is 34.6 Å². The van der Waals surface area contributed by atoms with Crippen molar-refractivity contribution in [2.24, 2.45) is 0 Å². The highest BCUT2D eigenvalue weighted by molar-refractivity contribution is 5.97.